The van der Waals surface area contributed by atoms with Gasteiger partial charge in [-0.2, -0.15) is 0 Å². The zero-order chi connectivity index (χ0) is 18.4. The molecule has 1 fully saturated rings. The Morgan fingerprint density at radius 2 is 2.00 bits per heavy atom. The van der Waals surface area contributed by atoms with Crippen molar-refractivity contribution < 1.29 is 23.8 Å². The van der Waals surface area contributed by atoms with Crippen molar-refractivity contribution in [1.82, 2.24) is 4.90 Å². The van der Waals surface area contributed by atoms with Gasteiger partial charge in [0.1, 0.15) is 0 Å². The van der Waals surface area contributed by atoms with Crippen molar-refractivity contribution in [2.75, 3.05) is 26.4 Å². The molecule has 0 N–H and O–H groups in total. The molecule has 0 aromatic heterocycles. The molecule has 0 aliphatic carbocycles. The van der Waals surface area contributed by atoms with Gasteiger partial charge in [-0.15, -0.1) is 0 Å². The second-order valence-corrected chi connectivity index (χ2v) is 6.63. The maximum absolute atomic E-state index is 12.2. The van der Waals surface area contributed by atoms with E-state index in [1.54, 1.807) is 11.0 Å². The van der Waals surface area contributed by atoms with Crippen molar-refractivity contribution in [3.05, 3.63) is 29.8 Å². The standard InChI is InChI=1S/C20H25NO5/c1-15-5-2-3-10-21(15)19(22)14-26-20(23)9-7-16-6-8-17-18(13-16)25-12-4-11-24-17/h6-9,13,15H,2-5,10-12,14H2,1H3/b9-7+/t15-/m0/s1. The van der Waals surface area contributed by atoms with Gasteiger partial charge in [0.25, 0.3) is 5.91 Å². The zero-order valence-corrected chi connectivity index (χ0v) is 15.1. The highest BCUT2D eigenvalue weighted by Crippen LogP contribution is 2.30. The molecule has 0 unspecified atom stereocenters. The Hall–Kier alpha value is -2.50. The van der Waals surface area contributed by atoms with Gasteiger partial charge in [0.2, 0.25) is 0 Å². The molecule has 0 saturated carbocycles. The van der Waals surface area contributed by atoms with Crippen molar-refractivity contribution in [2.24, 2.45) is 0 Å². The largest absolute Gasteiger partial charge is 0.490 e. The van der Waals surface area contributed by atoms with E-state index < -0.39 is 5.97 Å². The predicted octanol–water partition coefficient (Wildman–Crippen LogP) is 2.81. The minimum Gasteiger partial charge on any atom is -0.490 e. The summed E-state index contributed by atoms with van der Waals surface area (Å²) in [5, 5.41) is 0. The summed E-state index contributed by atoms with van der Waals surface area (Å²) >= 11 is 0. The van der Waals surface area contributed by atoms with Crippen LogP contribution in [0.5, 0.6) is 11.5 Å². The number of nitrogens with zero attached hydrogens (tertiary/aromatic N) is 1. The quantitative estimate of drug-likeness (QED) is 0.611. The van der Waals surface area contributed by atoms with Crippen molar-refractivity contribution in [3.8, 4) is 11.5 Å². The second-order valence-electron chi connectivity index (χ2n) is 6.63. The van der Waals surface area contributed by atoms with E-state index in [4.69, 9.17) is 14.2 Å². The minimum atomic E-state index is -0.532. The van der Waals surface area contributed by atoms with Crippen LogP contribution in [-0.4, -0.2) is 49.2 Å². The minimum absolute atomic E-state index is 0.130. The Morgan fingerprint density at radius 1 is 1.19 bits per heavy atom. The number of benzene rings is 1. The van der Waals surface area contributed by atoms with Crippen LogP contribution < -0.4 is 9.47 Å². The summed E-state index contributed by atoms with van der Waals surface area (Å²) in [5.74, 6) is 0.723. The third-order valence-corrected chi connectivity index (χ3v) is 4.64. The first kappa shape index (κ1) is 18.3. The SMILES string of the molecule is C[C@H]1CCCCN1C(=O)COC(=O)/C=C/c1ccc2c(c1)OCCCO2. The van der Waals surface area contributed by atoms with Crippen LogP contribution in [-0.2, 0) is 14.3 Å². The fourth-order valence-electron chi connectivity index (χ4n) is 3.18. The molecule has 140 valence electrons. The molecule has 1 saturated heterocycles. The summed E-state index contributed by atoms with van der Waals surface area (Å²) < 4.78 is 16.3. The van der Waals surface area contributed by atoms with E-state index in [0.717, 1.165) is 37.8 Å². The Morgan fingerprint density at radius 3 is 2.81 bits per heavy atom. The first-order valence-corrected chi connectivity index (χ1v) is 9.17. The number of carbonyl (C=O) groups excluding carboxylic acids is 2. The molecule has 2 aliphatic rings. The normalized spacial score (nSPS) is 19.9. The van der Waals surface area contributed by atoms with Gasteiger partial charge < -0.3 is 19.1 Å². The maximum Gasteiger partial charge on any atom is 0.331 e. The van der Waals surface area contributed by atoms with Crippen LogP contribution in [0.4, 0.5) is 0 Å². The van der Waals surface area contributed by atoms with Crippen LogP contribution in [0.25, 0.3) is 6.08 Å². The molecule has 1 aromatic rings. The average molecular weight is 359 g/mol. The molecular formula is C20H25NO5. The number of hydrogen-bond donors (Lipinski definition) is 0. The summed E-state index contributed by atoms with van der Waals surface area (Å²) in [4.78, 5) is 25.9. The number of amides is 1. The summed E-state index contributed by atoms with van der Waals surface area (Å²) in [6.45, 7) is 3.81. The van der Waals surface area contributed by atoms with E-state index in [9.17, 15) is 9.59 Å². The Labute approximate surface area is 153 Å². The number of carbonyl (C=O) groups is 2. The number of fused-ring (bicyclic) bond motifs is 1. The van der Waals surface area contributed by atoms with Crippen LogP contribution in [0, 0.1) is 0 Å². The number of hydrogen-bond acceptors (Lipinski definition) is 5. The molecule has 26 heavy (non-hydrogen) atoms. The molecule has 0 radical (unpaired) electrons. The number of esters is 1. The van der Waals surface area contributed by atoms with E-state index in [-0.39, 0.29) is 18.6 Å². The molecular weight excluding hydrogens is 334 g/mol. The van der Waals surface area contributed by atoms with Crippen LogP contribution in [0.1, 0.15) is 38.2 Å². The topological polar surface area (TPSA) is 65.1 Å². The van der Waals surface area contributed by atoms with E-state index in [1.807, 2.05) is 25.1 Å². The summed E-state index contributed by atoms with van der Waals surface area (Å²) in [5.41, 5.74) is 0.808. The highest BCUT2D eigenvalue weighted by Gasteiger charge is 2.23. The third kappa shape index (κ3) is 4.77. The summed E-state index contributed by atoms with van der Waals surface area (Å²) in [6, 6.07) is 5.71. The molecule has 1 aromatic carbocycles. The van der Waals surface area contributed by atoms with E-state index >= 15 is 0 Å². The van der Waals surface area contributed by atoms with Gasteiger partial charge in [0, 0.05) is 25.1 Å². The van der Waals surface area contributed by atoms with Gasteiger partial charge in [-0.1, -0.05) is 6.07 Å². The van der Waals surface area contributed by atoms with Gasteiger partial charge in [-0.05, 0) is 50.0 Å². The number of ether oxygens (including phenoxy) is 3. The van der Waals surface area contributed by atoms with Crippen molar-refractivity contribution in [3.63, 3.8) is 0 Å². The first-order valence-electron chi connectivity index (χ1n) is 9.17. The average Bonchev–Trinajstić information content (AvgIpc) is 2.89. The van der Waals surface area contributed by atoms with Crippen LogP contribution in [0.15, 0.2) is 24.3 Å². The van der Waals surface area contributed by atoms with Gasteiger partial charge in [0.15, 0.2) is 18.1 Å². The fourth-order valence-corrected chi connectivity index (χ4v) is 3.18. The lowest BCUT2D eigenvalue weighted by Crippen LogP contribution is -2.44. The van der Waals surface area contributed by atoms with E-state index in [0.29, 0.717) is 24.7 Å². The Balaban J connectivity index is 1.51. The lowest BCUT2D eigenvalue weighted by atomic mass is 10.0. The molecule has 6 heteroatoms. The Bertz CT molecular complexity index is 685. The van der Waals surface area contributed by atoms with E-state index in [2.05, 4.69) is 0 Å². The van der Waals surface area contributed by atoms with Crippen molar-refractivity contribution in [1.29, 1.82) is 0 Å². The summed E-state index contributed by atoms with van der Waals surface area (Å²) in [6.07, 6.45) is 6.97. The lowest BCUT2D eigenvalue weighted by Gasteiger charge is -2.33. The van der Waals surface area contributed by atoms with Gasteiger partial charge >= 0.3 is 5.97 Å². The maximum atomic E-state index is 12.2. The van der Waals surface area contributed by atoms with Gasteiger partial charge in [-0.3, -0.25) is 4.79 Å². The third-order valence-electron chi connectivity index (χ3n) is 4.64. The van der Waals surface area contributed by atoms with Crippen molar-refractivity contribution in [2.45, 2.75) is 38.6 Å². The van der Waals surface area contributed by atoms with Crippen LogP contribution in [0.2, 0.25) is 0 Å². The highest BCUT2D eigenvalue weighted by molar-refractivity contribution is 5.89. The fraction of sp³-hybridized carbons (Fsp3) is 0.500. The summed E-state index contributed by atoms with van der Waals surface area (Å²) in [7, 11) is 0. The predicted molar refractivity (Wildman–Crippen MR) is 97.1 cm³/mol. The van der Waals surface area contributed by atoms with Gasteiger partial charge in [0.05, 0.1) is 13.2 Å². The zero-order valence-electron chi connectivity index (χ0n) is 15.1. The molecule has 2 aliphatic heterocycles. The second kappa shape index (κ2) is 8.74. The van der Waals surface area contributed by atoms with Crippen molar-refractivity contribution >= 4 is 18.0 Å². The molecule has 6 nitrogen and oxygen atoms in total. The molecule has 0 bridgehead atoms. The smallest absolute Gasteiger partial charge is 0.331 e. The lowest BCUT2D eigenvalue weighted by molar-refractivity contribution is -0.149. The highest BCUT2D eigenvalue weighted by atomic mass is 16.5. The Kier molecular flexibility index (Phi) is 6.15. The number of likely N-dealkylation sites (tertiary alicyclic amines) is 1. The monoisotopic (exact) mass is 359 g/mol. The number of piperidine rings is 1. The molecule has 1 atom stereocenters. The van der Waals surface area contributed by atoms with Crippen LogP contribution >= 0.6 is 0 Å². The van der Waals surface area contributed by atoms with Gasteiger partial charge in [-0.25, -0.2) is 4.79 Å². The molecule has 0 spiro atoms. The molecule has 3 rings (SSSR count). The van der Waals surface area contributed by atoms with Crippen LogP contribution in [0.3, 0.4) is 0 Å². The first-order chi connectivity index (χ1) is 12.6. The molecule has 1 amide bonds. The number of rotatable bonds is 4. The van der Waals surface area contributed by atoms with E-state index in [1.165, 1.54) is 6.08 Å². The molecule has 2 heterocycles.